The van der Waals surface area contributed by atoms with Gasteiger partial charge in [-0.25, -0.2) is 0 Å². The smallest absolute Gasteiger partial charge is 0.227 e. The van der Waals surface area contributed by atoms with Crippen LogP contribution in [0.4, 0.5) is 5.69 Å². The molecular weight excluding hydrogens is 288 g/mol. The van der Waals surface area contributed by atoms with Crippen molar-refractivity contribution in [3.05, 3.63) is 29.8 Å². The maximum absolute atomic E-state index is 12.4. The van der Waals surface area contributed by atoms with Gasteiger partial charge in [0.05, 0.1) is 0 Å². The summed E-state index contributed by atoms with van der Waals surface area (Å²) in [4.78, 5) is 26.3. The van der Waals surface area contributed by atoms with Gasteiger partial charge in [-0.2, -0.15) is 0 Å². The topological polar surface area (TPSA) is 49.4 Å². The number of anilines is 1. The Morgan fingerprint density at radius 3 is 2.30 bits per heavy atom. The number of likely N-dealkylation sites (tertiary alicyclic amines) is 1. The predicted molar refractivity (Wildman–Crippen MR) is 93.2 cm³/mol. The standard InChI is InChI=1S/C19H28N2O2/c1-4-15-5-7-17(8-6-15)20-19(23)16-9-11-21(12-10-16)18(22)13-14(2)3/h5-8,14,16H,4,9-13H2,1-3H3,(H,20,23). The Morgan fingerprint density at radius 2 is 1.78 bits per heavy atom. The lowest BCUT2D eigenvalue weighted by Gasteiger charge is -2.31. The summed E-state index contributed by atoms with van der Waals surface area (Å²) in [5, 5.41) is 3.00. The monoisotopic (exact) mass is 316 g/mol. The van der Waals surface area contributed by atoms with Crippen molar-refractivity contribution in [1.82, 2.24) is 4.90 Å². The fourth-order valence-electron chi connectivity index (χ4n) is 2.94. The number of carbonyl (C=O) groups excluding carboxylic acids is 2. The molecule has 1 aliphatic rings. The summed E-state index contributed by atoms with van der Waals surface area (Å²) in [5.74, 6) is 0.679. The highest BCUT2D eigenvalue weighted by molar-refractivity contribution is 5.92. The average Bonchev–Trinajstić information content (AvgIpc) is 2.55. The zero-order chi connectivity index (χ0) is 16.8. The van der Waals surface area contributed by atoms with Crippen molar-refractivity contribution in [1.29, 1.82) is 0 Å². The van der Waals surface area contributed by atoms with E-state index in [-0.39, 0.29) is 17.7 Å². The molecule has 0 aromatic heterocycles. The first kappa shape index (κ1) is 17.5. The fourth-order valence-corrected chi connectivity index (χ4v) is 2.94. The van der Waals surface area contributed by atoms with Crippen LogP contribution in [0.5, 0.6) is 0 Å². The SMILES string of the molecule is CCc1ccc(NC(=O)C2CCN(C(=O)CC(C)C)CC2)cc1. The molecule has 1 aromatic carbocycles. The normalized spacial score (nSPS) is 15.7. The van der Waals surface area contributed by atoms with E-state index in [1.165, 1.54) is 5.56 Å². The van der Waals surface area contributed by atoms with Gasteiger partial charge in [-0.05, 0) is 42.9 Å². The molecule has 1 saturated heterocycles. The van der Waals surface area contributed by atoms with Gasteiger partial charge in [0.15, 0.2) is 0 Å². The van der Waals surface area contributed by atoms with Gasteiger partial charge in [-0.3, -0.25) is 9.59 Å². The molecule has 0 bridgehead atoms. The maximum atomic E-state index is 12.4. The third kappa shape index (κ3) is 5.08. The summed E-state index contributed by atoms with van der Waals surface area (Å²) >= 11 is 0. The van der Waals surface area contributed by atoms with E-state index in [2.05, 4.69) is 26.1 Å². The van der Waals surface area contributed by atoms with Gasteiger partial charge in [0.25, 0.3) is 0 Å². The summed E-state index contributed by atoms with van der Waals surface area (Å²) in [6, 6.07) is 8.00. The number of benzene rings is 1. The van der Waals surface area contributed by atoms with Crippen molar-refractivity contribution in [3.63, 3.8) is 0 Å². The van der Waals surface area contributed by atoms with Gasteiger partial charge in [-0.1, -0.05) is 32.9 Å². The number of carbonyl (C=O) groups is 2. The first-order chi connectivity index (χ1) is 11.0. The largest absolute Gasteiger partial charge is 0.343 e. The summed E-state index contributed by atoms with van der Waals surface area (Å²) in [5.41, 5.74) is 2.12. The van der Waals surface area contributed by atoms with Crippen molar-refractivity contribution in [2.75, 3.05) is 18.4 Å². The Hall–Kier alpha value is -1.84. The van der Waals surface area contributed by atoms with Crippen LogP contribution in [0.3, 0.4) is 0 Å². The molecule has 2 amide bonds. The van der Waals surface area contributed by atoms with Crippen molar-refractivity contribution in [2.24, 2.45) is 11.8 Å². The molecule has 126 valence electrons. The molecule has 0 saturated carbocycles. The molecule has 1 aromatic rings. The van der Waals surface area contributed by atoms with Gasteiger partial charge >= 0.3 is 0 Å². The maximum Gasteiger partial charge on any atom is 0.227 e. The van der Waals surface area contributed by atoms with Crippen LogP contribution in [0.1, 0.15) is 45.6 Å². The summed E-state index contributed by atoms with van der Waals surface area (Å²) in [6.45, 7) is 7.61. The van der Waals surface area contributed by atoms with Crippen LogP contribution in [0.15, 0.2) is 24.3 Å². The third-order valence-electron chi connectivity index (χ3n) is 4.43. The molecule has 0 unspecified atom stereocenters. The molecule has 0 atom stereocenters. The van der Waals surface area contributed by atoms with Crippen LogP contribution in [-0.2, 0) is 16.0 Å². The van der Waals surface area contributed by atoms with Crippen LogP contribution >= 0.6 is 0 Å². The van der Waals surface area contributed by atoms with E-state index in [0.717, 1.165) is 24.9 Å². The number of nitrogens with zero attached hydrogens (tertiary/aromatic N) is 1. The summed E-state index contributed by atoms with van der Waals surface area (Å²) in [7, 11) is 0. The van der Waals surface area contributed by atoms with Crippen molar-refractivity contribution >= 4 is 17.5 Å². The lowest BCUT2D eigenvalue weighted by Crippen LogP contribution is -2.41. The zero-order valence-electron chi connectivity index (χ0n) is 14.5. The highest BCUT2D eigenvalue weighted by Gasteiger charge is 2.27. The molecule has 0 aliphatic carbocycles. The number of piperidine rings is 1. The molecule has 1 N–H and O–H groups in total. The third-order valence-corrected chi connectivity index (χ3v) is 4.43. The van der Waals surface area contributed by atoms with E-state index >= 15 is 0 Å². The second kappa shape index (κ2) is 8.14. The molecule has 23 heavy (non-hydrogen) atoms. The van der Waals surface area contributed by atoms with Crippen LogP contribution in [0.25, 0.3) is 0 Å². The molecule has 1 heterocycles. The predicted octanol–water partition coefficient (Wildman–Crippen LogP) is 3.47. The second-order valence-electron chi connectivity index (χ2n) is 6.79. The van der Waals surface area contributed by atoms with Gasteiger partial charge in [0.1, 0.15) is 0 Å². The number of hydrogen-bond donors (Lipinski definition) is 1. The van der Waals surface area contributed by atoms with Gasteiger partial charge in [0.2, 0.25) is 11.8 Å². The Labute approximate surface area is 139 Å². The van der Waals surface area contributed by atoms with E-state index in [1.54, 1.807) is 0 Å². The summed E-state index contributed by atoms with van der Waals surface area (Å²) in [6.07, 6.45) is 3.10. The van der Waals surface area contributed by atoms with E-state index in [1.807, 2.05) is 29.2 Å². The van der Waals surface area contributed by atoms with Crippen molar-refractivity contribution in [3.8, 4) is 0 Å². The Kier molecular flexibility index (Phi) is 6.20. The molecule has 0 radical (unpaired) electrons. The lowest BCUT2D eigenvalue weighted by molar-refractivity contribution is -0.135. The first-order valence-electron chi connectivity index (χ1n) is 8.67. The number of nitrogens with one attached hydrogen (secondary N) is 1. The molecule has 1 fully saturated rings. The van der Waals surface area contributed by atoms with E-state index in [4.69, 9.17) is 0 Å². The van der Waals surface area contributed by atoms with Crippen molar-refractivity contribution in [2.45, 2.75) is 46.5 Å². The Morgan fingerprint density at radius 1 is 1.17 bits per heavy atom. The molecule has 0 spiro atoms. The van der Waals surface area contributed by atoms with E-state index < -0.39 is 0 Å². The number of amides is 2. The zero-order valence-corrected chi connectivity index (χ0v) is 14.5. The minimum Gasteiger partial charge on any atom is -0.343 e. The number of rotatable bonds is 5. The Bertz CT molecular complexity index is 529. The van der Waals surface area contributed by atoms with E-state index in [0.29, 0.717) is 25.4 Å². The minimum absolute atomic E-state index is 0.00366. The molecule has 4 heteroatoms. The number of aryl methyl sites for hydroxylation is 1. The molecular formula is C19H28N2O2. The first-order valence-corrected chi connectivity index (χ1v) is 8.67. The lowest BCUT2D eigenvalue weighted by atomic mass is 9.95. The van der Waals surface area contributed by atoms with Crippen LogP contribution in [-0.4, -0.2) is 29.8 Å². The van der Waals surface area contributed by atoms with Gasteiger partial charge in [-0.15, -0.1) is 0 Å². The second-order valence-corrected chi connectivity index (χ2v) is 6.79. The quantitative estimate of drug-likeness (QED) is 0.904. The number of hydrogen-bond acceptors (Lipinski definition) is 2. The van der Waals surface area contributed by atoms with Crippen LogP contribution < -0.4 is 5.32 Å². The highest BCUT2D eigenvalue weighted by atomic mass is 16.2. The molecule has 4 nitrogen and oxygen atoms in total. The summed E-state index contributed by atoms with van der Waals surface area (Å²) < 4.78 is 0. The van der Waals surface area contributed by atoms with Gasteiger partial charge in [0, 0.05) is 31.1 Å². The Balaban J connectivity index is 1.82. The highest BCUT2D eigenvalue weighted by Crippen LogP contribution is 2.21. The fraction of sp³-hybridized carbons (Fsp3) is 0.579. The van der Waals surface area contributed by atoms with Crippen molar-refractivity contribution < 1.29 is 9.59 Å². The van der Waals surface area contributed by atoms with Crippen LogP contribution in [0, 0.1) is 11.8 Å². The van der Waals surface area contributed by atoms with Crippen LogP contribution in [0.2, 0.25) is 0 Å². The molecule has 1 aliphatic heterocycles. The molecule has 2 rings (SSSR count). The average molecular weight is 316 g/mol. The van der Waals surface area contributed by atoms with Gasteiger partial charge < -0.3 is 10.2 Å². The minimum atomic E-state index is 0.00366. The van der Waals surface area contributed by atoms with E-state index in [9.17, 15) is 9.59 Å².